The molecular formula is C32H34ClN3O6S. The highest BCUT2D eigenvalue weighted by Gasteiger charge is 2.48. The van der Waals surface area contributed by atoms with Crippen molar-refractivity contribution in [3.8, 4) is 5.75 Å². The molecule has 4 fully saturated rings. The van der Waals surface area contributed by atoms with Crippen LogP contribution in [0.15, 0.2) is 65.6 Å². The molecular weight excluding hydrogens is 590 g/mol. The number of hydrogen-bond donors (Lipinski definition) is 1. The number of nitro benzene ring substituents is 1. The second-order valence-corrected chi connectivity index (χ2v) is 14.5. The highest BCUT2D eigenvalue weighted by molar-refractivity contribution is 7.92. The van der Waals surface area contributed by atoms with Crippen LogP contribution in [0.2, 0.25) is 5.02 Å². The minimum absolute atomic E-state index is 0.0330. The zero-order valence-electron chi connectivity index (χ0n) is 24.0. The van der Waals surface area contributed by atoms with Crippen molar-refractivity contribution in [2.75, 3.05) is 23.3 Å². The molecule has 0 aliphatic heterocycles. The van der Waals surface area contributed by atoms with E-state index < -0.39 is 27.4 Å². The Morgan fingerprint density at radius 2 is 1.65 bits per heavy atom. The van der Waals surface area contributed by atoms with Crippen LogP contribution in [0.25, 0.3) is 0 Å². The van der Waals surface area contributed by atoms with Crippen molar-refractivity contribution in [2.45, 2.75) is 49.8 Å². The maximum absolute atomic E-state index is 14.0. The molecule has 0 radical (unpaired) electrons. The minimum atomic E-state index is -4.47. The normalized spacial score (nSPS) is 24.0. The van der Waals surface area contributed by atoms with E-state index in [-0.39, 0.29) is 27.0 Å². The molecule has 4 aliphatic carbocycles. The van der Waals surface area contributed by atoms with Crippen molar-refractivity contribution in [1.82, 2.24) is 0 Å². The molecule has 0 atom stereocenters. The predicted octanol–water partition coefficient (Wildman–Crippen LogP) is 6.94. The van der Waals surface area contributed by atoms with Crippen molar-refractivity contribution < 1.29 is 22.9 Å². The Bertz CT molecular complexity index is 1650. The number of nitro groups is 1. The molecule has 0 aromatic heterocycles. The van der Waals surface area contributed by atoms with E-state index in [0.717, 1.165) is 34.0 Å². The number of anilines is 2. The van der Waals surface area contributed by atoms with Crippen LogP contribution < -0.4 is 14.4 Å². The maximum Gasteiger partial charge on any atom is 0.273 e. The van der Waals surface area contributed by atoms with Crippen molar-refractivity contribution in [3.63, 3.8) is 0 Å². The average molecular weight is 624 g/mol. The summed E-state index contributed by atoms with van der Waals surface area (Å²) in [5.74, 6) is 3.40. The molecule has 3 aromatic carbocycles. The summed E-state index contributed by atoms with van der Waals surface area (Å²) in [6.07, 6.45) is 6.67. The van der Waals surface area contributed by atoms with Crippen molar-refractivity contribution in [3.05, 3.63) is 86.9 Å². The van der Waals surface area contributed by atoms with Gasteiger partial charge in [0.05, 0.1) is 22.6 Å². The van der Waals surface area contributed by atoms with Gasteiger partial charge in [0.1, 0.15) is 12.3 Å². The molecule has 0 spiro atoms. The van der Waals surface area contributed by atoms with Gasteiger partial charge in [-0.1, -0.05) is 29.8 Å². The smallest absolute Gasteiger partial charge is 0.273 e. The number of nitrogens with one attached hydrogen (secondary N) is 1. The maximum atomic E-state index is 14.0. The van der Waals surface area contributed by atoms with E-state index in [1.54, 1.807) is 0 Å². The molecule has 3 aromatic rings. The first-order valence-electron chi connectivity index (χ1n) is 14.5. The van der Waals surface area contributed by atoms with Crippen LogP contribution in [0.5, 0.6) is 5.75 Å². The fourth-order valence-corrected chi connectivity index (χ4v) is 9.43. The number of carbonyl (C=O) groups excluding carboxylic acids is 1. The van der Waals surface area contributed by atoms with Gasteiger partial charge in [0.15, 0.2) is 0 Å². The van der Waals surface area contributed by atoms with Gasteiger partial charge in [0, 0.05) is 22.3 Å². The fourth-order valence-electron chi connectivity index (χ4n) is 7.82. The first kappa shape index (κ1) is 29.4. The molecule has 11 heteroatoms. The van der Waals surface area contributed by atoms with Gasteiger partial charge < -0.3 is 10.1 Å². The summed E-state index contributed by atoms with van der Waals surface area (Å²) in [6, 6.07) is 16.0. The molecule has 4 saturated carbocycles. The summed E-state index contributed by atoms with van der Waals surface area (Å²) < 4.78 is 34.2. The van der Waals surface area contributed by atoms with E-state index >= 15 is 0 Å². The zero-order chi connectivity index (χ0) is 30.5. The Kier molecular flexibility index (Phi) is 7.85. The van der Waals surface area contributed by atoms with E-state index in [9.17, 15) is 23.3 Å². The van der Waals surface area contributed by atoms with Gasteiger partial charge >= 0.3 is 0 Å². The van der Waals surface area contributed by atoms with E-state index in [2.05, 4.69) is 17.4 Å². The lowest BCUT2D eigenvalue weighted by Gasteiger charge is -2.54. The summed E-state index contributed by atoms with van der Waals surface area (Å²) >= 11 is 6.23. The largest absolute Gasteiger partial charge is 0.495 e. The lowest BCUT2D eigenvalue weighted by molar-refractivity contribution is -0.385. The first-order chi connectivity index (χ1) is 20.5. The van der Waals surface area contributed by atoms with Gasteiger partial charge in [-0.05, 0) is 111 Å². The third-order valence-corrected chi connectivity index (χ3v) is 11.5. The molecule has 1 N–H and O–H groups in total. The molecule has 4 aliphatic rings. The Morgan fingerprint density at radius 1 is 1.00 bits per heavy atom. The van der Waals surface area contributed by atoms with Crippen LogP contribution in [0.4, 0.5) is 17.1 Å². The summed E-state index contributed by atoms with van der Waals surface area (Å²) in [5, 5.41) is 14.6. The quantitative estimate of drug-likeness (QED) is 0.204. The molecule has 0 unspecified atom stereocenters. The number of carbonyl (C=O) groups is 1. The van der Waals surface area contributed by atoms with Crippen molar-refractivity contribution in [1.29, 1.82) is 0 Å². The van der Waals surface area contributed by atoms with Crippen molar-refractivity contribution >= 4 is 44.6 Å². The highest BCUT2D eigenvalue weighted by Crippen LogP contribution is 2.59. The molecule has 4 bridgehead atoms. The van der Waals surface area contributed by atoms with Crippen LogP contribution in [0.3, 0.4) is 0 Å². The van der Waals surface area contributed by atoms with Crippen LogP contribution in [0.1, 0.15) is 49.1 Å². The third-order valence-electron chi connectivity index (χ3n) is 9.47. The number of amides is 1. The molecule has 43 heavy (non-hydrogen) atoms. The predicted molar refractivity (Wildman–Crippen MR) is 165 cm³/mol. The number of aryl methyl sites for hydroxylation is 1. The second kappa shape index (κ2) is 11.5. The van der Waals surface area contributed by atoms with Gasteiger partial charge in [0.2, 0.25) is 5.91 Å². The monoisotopic (exact) mass is 623 g/mol. The standard InChI is InChI=1S/C32H34ClN3O6S/c1-19-3-9-27(17-28(19)36(38)39)43(40,41)35(29-16-25(33)6-10-30(29)42-2)18-31(37)34-26-7-4-22(5-8-26)32-23-12-20-11-21(14-23)15-24(32)13-20/h3-10,16-17,20-21,23-24,32H,11-15,18H2,1-2H3,(H,34,37). The number of ether oxygens (including phenoxy) is 1. The third kappa shape index (κ3) is 5.70. The Hall–Kier alpha value is -3.63. The van der Waals surface area contributed by atoms with Gasteiger partial charge in [-0.25, -0.2) is 8.42 Å². The first-order valence-corrected chi connectivity index (χ1v) is 16.4. The number of halogens is 1. The van der Waals surface area contributed by atoms with Gasteiger partial charge in [-0.15, -0.1) is 0 Å². The summed E-state index contributed by atoms with van der Waals surface area (Å²) in [4.78, 5) is 24.0. The lowest BCUT2D eigenvalue weighted by atomic mass is 9.51. The van der Waals surface area contributed by atoms with Gasteiger partial charge in [-0.2, -0.15) is 0 Å². The molecule has 0 saturated heterocycles. The van der Waals surface area contributed by atoms with E-state index in [1.807, 2.05) is 12.1 Å². The SMILES string of the molecule is COc1ccc(Cl)cc1N(CC(=O)Nc1ccc(C2C3CC4CC(C3)CC2C4)cc1)S(=O)(=O)c1ccc(C)c([N+](=O)[O-])c1. The van der Waals surface area contributed by atoms with Crippen LogP contribution in [-0.4, -0.2) is 32.9 Å². The van der Waals surface area contributed by atoms with Gasteiger partial charge in [-0.3, -0.25) is 19.2 Å². The van der Waals surface area contributed by atoms with Crippen molar-refractivity contribution in [2.24, 2.45) is 23.7 Å². The number of methoxy groups -OCH3 is 1. The Labute approximate surface area is 256 Å². The highest BCUT2D eigenvalue weighted by atomic mass is 35.5. The van der Waals surface area contributed by atoms with Crippen LogP contribution in [-0.2, 0) is 14.8 Å². The van der Waals surface area contributed by atoms with E-state index in [4.69, 9.17) is 16.3 Å². The minimum Gasteiger partial charge on any atom is -0.495 e. The number of sulfonamides is 1. The average Bonchev–Trinajstić information content (AvgIpc) is 2.96. The zero-order valence-corrected chi connectivity index (χ0v) is 25.6. The molecule has 7 rings (SSSR count). The summed E-state index contributed by atoms with van der Waals surface area (Å²) in [7, 11) is -3.09. The number of rotatable bonds is 9. The number of hydrogen-bond acceptors (Lipinski definition) is 6. The summed E-state index contributed by atoms with van der Waals surface area (Å²) in [5.41, 5.74) is 1.86. The van der Waals surface area contributed by atoms with Crippen LogP contribution in [0, 0.1) is 40.7 Å². The molecule has 226 valence electrons. The molecule has 1 amide bonds. The van der Waals surface area contributed by atoms with Crippen LogP contribution >= 0.6 is 11.6 Å². The van der Waals surface area contributed by atoms with E-state index in [1.165, 1.54) is 82.0 Å². The lowest BCUT2D eigenvalue weighted by Crippen LogP contribution is -2.43. The molecule has 9 nitrogen and oxygen atoms in total. The Balaban J connectivity index is 1.26. The number of nitrogens with zero attached hydrogens (tertiary/aromatic N) is 2. The van der Waals surface area contributed by atoms with E-state index in [0.29, 0.717) is 17.2 Å². The summed E-state index contributed by atoms with van der Waals surface area (Å²) in [6.45, 7) is 0.909. The van der Waals surface area contributed by atoms with Gasteiger partial charge in [0.25, 0.3) is 15.7 Å². The number of benzene rings is 3. The second-order valence-electron chi connectivity index (χ2n) is 12.2. The fraction of sp³-hybridized carbons (Fsp3) is 0.406. The Morgan fingerprint density at radius 3 is 2.26 bits per heavy atom. The topological polar surface area (TPSA) is 119 Å². The molecule has 0 heterocycles.